The van der Waals surface area contributed by atoms with Crippen molar-refractivity contribution in [2.45, 2.75) is 33.2 Å². The van der Waals surface area contributed by atoms with Crippen LogP contribution in [0.25, 0.3) is 6.08 Å². The molecule has 1 aliphatic heterocycles. The molecule has 1 N–H and O–H groups in total. The number of nitrogens with one attached hydrogen (secondary N) is 1. The molecule has 0 fully saturated rings. The lowest BCUT2D eigenvalue weighted by Crippen LogP contribution is -2.36. The summed E-state index contributed by atoms with van der Waals surface area (Å²) in [5, 5.41) is 3.48. The molecule has 2 rings (SSSR count). The third kappa shape index (κ3) is 4.28. The Hall–Kier alpha value is -1.48. The van der Waals surface area contributed by atoms with Crippen LogP contribution >= 0.6 is 0 Å². The van der Waals surface area contributed by atoms with Gasteiger partial charge < -0.3 is 14.8 Å². The molecule has 0 bridgehead atoms. The third-order valence-electron chi connectivity index (χ3n) is 2.88. The van der Waals surface area contributed by atoms with Gasteiger partial charge in [0.25, 0.3) is 0 Å². The molecule has 0 saturated heterocycles. The molecule has 0 aliphatic carbocycles. The zero-order chi connectivity index (χ0) is 13.9. The SMILES string of the molecule is CC(=Cc1ccc2c(c1)OCCO2)CNC(C)(C)C. The first-order chi connectivity index (χ1) is 8.94. The van der Waals surface area contributed by atoms with Crippen LogP contribution < -0.4 is 14.8 Å². The van der Waals surface area contributed by atoms with Crippen molar-refractivity contribution in [1.29, 1.82) is 0 Å². The van der Waals surface area contributed by atoms with Crippen molar-refractivity contribution in [3.63, 3.8) is 0 Å². The summed E-state index contributed by atoms with van der Waals surface area (Å²) in [4.78, 5) is 0. The normalized spacial score (nSPS) is 15.5. The van der Waals surface area contributed by atoms with Gasteiger partial charge in [-0.25, -0.2) is 0 Å². The smallest absolute Gasteiger partial charge is 0.161 e. The Labute approximate surface area is 115 Å². The highest BCUT2D eigenvalue weighted by molar-refractivity contribution is 5.58. The van der Waals surface area contributed by atoms with Crippen molar-refractivity contribution in [3.8, 4) is 11.5 Å². The molecule has 0 spiro atoms. The first kappa shape index (κ1) is 13.9. The number of hydrogen-bond acceptors (Lipinski definition) is 3. The zero-order valence-electron chi connectivity index (χ0n) is 12.2. The molecule has 1 aliphatic rings. The predicted octanol–water partition coefficient (Wildman–Crippen LogP) is 3.25. The number of fused-ring (bicyclic) bond motifs is 1. The molecule has 0 radical (unpaired) electrons. The van der Waals surface area contributed by atoms with E-state index in [0.29, 0.717) is 13.2 Å². The Morgan fingerprint density at radius 2 is 1.89 bits per heavy atom. The lowest BCUT2D eigenvalue weighted by Gasteiger charge is -2.21. The Morgan fingerprint density at radius 1 is 1.21 bits per heavy atom. The quantitative estimate of drug-likeness (QED) is 0.906. The fourth-order valence-corrected chi connectivity index (χ4v) is 1.89. The van der Waals surface area contributed by atoms with E-state index in [2.05, 4.69) is 45.2 Å². The van der Waals surface area contributed by atoms with Gasteiger partial charge in [0.05, 0.1) is 0 Å². The van der Waals surface area contributed by atoms with E-state index in [-0.39, 0.29) is 5.54 Å². The second kappa shape index (κ2) is 5.66. The van der Waals surface area contributed by atoms with Crippen LogP contribution in [0.3, 0.4) is 0 Å². The molecule has 0 atom stereocenters. The molecule has 0 aromatic heterocycles. The molecule has 1 aromatic rings. The summed E-state index contributed by atoms with van der Waals surface area (Å²) in [6, 6.07) is 6.08. The highest BCUT2D eigenvalue weighted by Crippen LogP contribution is 2.31. The minimum Gasteiger partial charge on any atom is -0.486 e. The third-order valence-corrected chi connectivity index (χ3v) is 2.88. The van der Waals surface area contributed by atoms with Gasteiger partial charge in [-0.15, -0.1) is 0 Å². The summed E-state index contributed by atoms with van der Waals surface area (Å²) in [6.45, 7) is 10.8. The van der Waals surface area contributed by atoms with E-state index < -0.39 is 0 Å². The number of benzene rings is 1. The number of hydrogen-bond donors (Lipinski definition) is 1. The van der Waals surface area contributed by atoms with Gasteiger partial charge in [-0.05, 0) is 45.4 Å². The van der Waals surface area contributed by atoms with Crippen LogP contribution in [0, 0.1) is 0 Å². The molecule has 0 unspecified atom stereocenters. The van der Waals surface area contributed by atoms with Gasteiger partial charge >= 0.3 is 0 Å². The van der Waals surface area contributed by atoms with Crippen LogP contribution in [0.2, 0.25) is 0 Å². The molecule has 1 aromatic carbocycles. The summed E-state index contributed by atoms with van der Waals surface area (Å²) >= 11 is 0. The first-order valence-corrected chi connectivity index (χ1v) is 6.76. The molecule has 3 nitrogen and oxygen atoms in total. The van der Waals surface area contributed by atoms with Crippen LogP contribution in [-0.4, -0.2) is 25.3 Å². The summed E-state index contributed by atoms with van der Waals surface area (Å²) < 4.78 is 11.1. The van der Waals surface area contributed by atoms with Crippen molar-refractivity contribution in [2.75, 3.05) is 19.8 Å². The van der Waals surface area contributed by atoms with Crippen LogP contribution in [-0.2, 0) is 0 Å². The van der Waals surface area contributed by atoms with Gasteiger partial charge in [-0.3, -0.25) is 0 Å². The van der Waals surface area contributed by atoms with E-state index in [9.17, 15) is 0 Å². The fourth-order valence-electron chi connectivity index (χ4n) is 1.89. The number of ether oxygens (including phenoxy) is 2. The maximum absolute atomic E-state index is 5.59. The van der Waals surface area contributed by atoms with Crippen molar-refractivity contribution in [3.05, 3.63) is 29.3 Å². The fraction of sp³-hybridized carbons (Fsp3) is 0.500. The molecule has 1 heterocycles. The predicted molar refractivity (Wildman–Crippen MR) is 78.8 cm³/mol. The van der Waals surface area contributed by atoms with Gasteiger partial charge in [0.1, 0.15) is 13.2 Å². The van der Waals surface area contributed by atoms with E-state index in [0.717, 1.165) is 23.6 Å². The lowest BCUT2D eigenvalue weighted by molar-refractivity contribution is 0.171. The zero-order valence-corrected chi connectivity index (χ0v) is 12.2. The van der Waals surface area contributed by atoms with E-state index in [4.69, 9.17) is 9.47 Å². The van der Waals surface area contributed by atoms with Crippen LogP contribution in [0.15, 0.2) is 23.8 Å². The number of rotatable bonds is 3. The van der Waals surface area contributed by atoms with Crippen LogP contribution in [0.4, 0.5) is 0 Å². The molecule has 0 amide bonds. The van der Waals surface area contributed by atoms with Crippen LogP contribution in [0.1, 0.15) is 33.3 Å². The lowest BCUT2D eigenvalue weighted by atomic mass is 10.1. The highest BCUT2D eigenvalue weighted by atomic mass is 16.6. The van der Waals surface area contributed by atoms with E-state index in [1.54, 1.807) is 0 Å². The highest BCUT2D eigenvalue weighted by Gasteiger charge is 2.11. The average Bonchev–Trinajstić information content (AvgIpc) is 2.35. The van der Waals surface area contributed by atoms with E-state index >= 15 is 0 Å². The van der Waals surface area contributed by atoms with Gasteiger partial charge in [0, 0.05) is 12.1 Å². The van der Waals surface area contributed by atoms with Gasteiger partial charge in [-0.1, -0.05) is 17.7 Å². The second-order valence-corrected chi connectivity index (χ2v) is 6.00. The van der Waals surface area contributed by atoms with E-state index in [1.807, 2.05) is 12.1 Å². The molecule has 19 heavy (non-hydrogen) atoms. The molecular weight excluding hydrogens is 238 g/mol. The monoisotopic (exact) mass is 261 g/mol. The Kier molecular flexibility index (Phi) is 4.15. The molecule has 3 heteroatoms. The van der Waals surface area contributed by atoms with Crippen molar-refractivity contribution in [1.82, 2.24) is 5.32 Å². The average molecular weight is 261 g/mol. The largest absolute Gasteiger partial charge is 0.486 e. The maximum atomic E-state index is 5.59. The minimum atomic E-state index is 0.141. The second-order valence-electron chi connectivity index (χ2n) is 6.00. The van der Waals surface area contributed by atoms with Crippen molar-refractivity contribution in [2.24, 2.45) is 0 Å². The van der Waals surface area contributed by atoms with Gasteiger partial charge in [0.2, 0.25) is 0 Å². The summed E-state index contributed by atoms with van der Waals surface area (Å²) in [5.74, 6) is 1.69. The van der Waals surface area contributed by atoms with Crippen molar-refractivity contribution < 1.29 is 9.47 Å². The Balaban J connectivity index is 2.05. The summed E-state index contributed by atoms with van der Waals surface area (Å²) in [6.07, 6.45) is 2.18. The molecule has 0 saturated carbocycles. The summed E-state index contributed by atoms with van der Waals surface area (Å²) in [5.41, 5.74) is 2.59. The Morgan fingerprint density at radius 3 is 2.58 bits per heavy atom. The van der Waals surface area contributed by atoms with E-state index in [1.165, 1.54) is 5.57 Å². The first-order valence-electron chi connectivity index (χ1n) is 6.76. The topological polar surface area (TPSA) is 30.5 Å². The molecule has 104 valence electrons. The van der Waals surface area contributed by atoms with Gasteiger partial charge in [0.15, 0.2) is 11.5 Å². The Bertz CT molecular complexity index is 472. The maximum Gasteiger partial charge on any atom is 0.161 e. The molecular formula is C16H23NO2. The van der Waals surface area contributed by atoms with Gasteiger partial charge in [-0.2, -0.15) is 0 Å². The van der Waals surface area contributed by atoms with Crippen LogP contribution in [0.5, 0.6) is 11.5 Å². The minimum absolute atomic E-state index is 0.141. The summed E-state index contributed by atoms with van der Waals surface area (Å²) in [7, 11) is 0. The van der Waals surface area contributed by atoms with Crippen molar-refractivity contribution >= 4 is 6.08 Å². The standard InChI is InChI=1S/C16H23NO2/c1-12(11-17-16(2,3)4)9-13-5-6-14-15(10-13)19-8-7-18-14/h5-6,9-10,17H,7-8,11H2,1-4H3.